The lowest BCUT2D eigenvalue weighted by molar-refractivity contribution is -0.0547. The maximum atomic E-state index is 13.3. The maximum Gasteiger partial charge on any atom is 0.490 e. The van der Waals surface area contributed by atoms with Gasteiger partial charge < -0.3 is 34.5 Å². The van der Waals surface area contributed by atoms with E-state index in [9.17, 15) is 43.3 Å². The van der Waals surface area contributed by atoms with E-state index in [1.54, 1.807) is 12.1 Å². The van der Waals surface area contributed by atoms with Crippen molar-refractivity contribution in [3.8, 4) is 0 Å². The van der Waals surface area contributed by atoms with Crippen molar-refractivity contribution in [3.63, 3.8) is 0 Å². The molecule has 3 aromatic rings. The van der Waals surface area contributed by atoms with E-state index < -0.39 is 65.9 Å². The fourth-order valence-electron chi connectivity index (χ4n) is 4.16. The van der Waals surface area contributed by atoms with Crippen molar-refractivity contribution in [1.29, 1.82) is 0 Å². The fraction of sp³-hybridized carbons (Fsp3) is 0.318. The van der Waals surface area contributed by atoms with E-state index >= 15 is 0 Å². The largest absolute Gasteiger partial charge is 0.490 e. The van der Waals surface area contributed by atoms with Gasteiger partial charge in [-0.15, -0.1) is 0 Å². The van der Waals surface area contributed by atoms with Gasteiger partial charge in [-0.3, -0.25) is 23.4 Å². The SMILES string of the molecule is O=c1ccn(C2OC(COP(=O)(O)OP(=O)(O)OP(=O)(O)O)C(O)C2O)c(=O)n1Cc1cc(Cc2ccccc2)ccn1. The summed E-state index contributed by atoms with van der Waals surface area (Å²) >= 11 is 0. The quantitative estimate of drug-likeness (QED) is 0.139. The highest BCUT2D eigenvalue weighted by Crippen LogP contribution is 2.66. The number of aromatic nitrogens is 3. The Bertz CT molecular complexity index is 1710. The Morgan fingerprint density at radius 2 is 1.58 bits per heavy atom. The minimum Gasteiger partial charge on any atom is -0.387 e. The summed E-state index contributed by atoms with van der Waals surface area (Å²) in [7, 11) is -17.0. The number of hydrogen-bond donors (Lipinski definition) is 6. The van der Waals surface area contributed by atoms with Gasteiger partial charge in [-0.05, 0) is 29.7 Å². The predicted molar refractivity (Wildman–Crippen MR) is 143 cm³/mol. The molecule has 1 aromatic carbocycles. The van der Waals surface area contributed by atoms with Crippen LogP contribution in [0.2, 0.25) is 0 Å². The molecule has 0 spiro atoms. The van der Waals surface area contributed by atoms with Crippen LogP contribution in [-0.2, 0) is 44.5 Å². The zero-order chi connectivity index (χ0) is 31.6. The van der Waals surface area contributed by atoms with Crippen LogP contribution in [0.25, 0.3) is 0 Å². The molecular weight excluding hydrogens is 639 g/mol. The molecule has 2 aromatic heterocycles. The monoisotopic (exact) mass is 665 g/mol. The molecule has 0 saturated carbocycles. The summed E-state index contributed by atoms with van der Waals surface area (Å²) in [5.74, 6) is 0. The molecule has 0 amide bonds. The first-order valence-corrected chi connectivity index (χ1v) is 16.7. The van der Waals surface area contributed by atoms with Crippen LogP contribution in [0.15, 0.2) is 70.5 Å². The number of hydrogen-bond acceptors (Lipinski definition) is 12. The first-order chi connectivity index (χ1) is 20.0. The number of phosphoric ester groups is 1. The molecule has 4 rings (SSSR count). The van der Waals surface area contributed by atoms with Crippen molar-refractivity contribution in [2.45, 2.75) is 37.5 Å². The van der Waals surface area contributed by atoms with E-state index in [1.165, 1.54) is 6.20 Å². The maximum absolute atomic E-state index is 13.3. The highest BCUT2D eigenvalue weighted by Gasteiger charge is 2.47. The zero-order valence-electron chi connectivity index (χ0n) is 21.7. The number of pyridine rings is 1. The number of phosphoric acid groups is 3. The first-order valence-electron chi connectivity index (χ1n) is 12.1. The lowest BCUT2D eigenvalue weighted by atomic mass is 10.1. The Hall–Kier alpha value is -2.66. The Morgan fingerprint density at radius 3 is 2.26 bits per heavy atom. The normalized spacial score (nSPS) is 23.5. The van der Waals surface area contributed by atoms with Crippen LogP contribution in [-0.4, -0.2) is 68.8 Å². The van der Waals surface area contributed by atoms with Crippen LogP contribution in [0.4, 0.5) is 0 Å². The van der Waals surface area contributed by atoms with Crippen LogP contribution in [0.3, 0.4) is 0 Å². The molecule has 18 nitrogen and oxygen atoms in total. The minimum absolute atomic E-state index is 0.248. The van der Waals surface area contributed by atoms with Gasteiger partial charge in [0.1, 0.15) is 18.3 Å². The van der Waals surface area contributed by atoms with Gasteiger partial charge >= 0.3 is 29.2 Å². The molecule has 1 saturated heterocycles. The van der Waals surface area contributed by atoms with Crippen LogP contribution in [0.1, 0.15) is 23.0 Å². The highest BCUT2D eigenvalue weighted by molar-refractivity contribution is 7.66. The van der Waals surface area contributed by atoms with Gasteiger partial charge in [0.05, 0.1) is 18.8 Å². The second-order valence-electron chi connectivity index (χ2n) is 9.18. The van der Waals surface area contributed by atoms with Gasteiger partial charge in [0.25, 0.3) is 5.56 Å². The molecule has 3 heterocycles. The lowest BCUT2D eigenvalue weighted by Crippen LogP contribution is -2.43. The molecule has 43 heavy (non-hydrogen) atoms. The van der Waals surface area contributed by atoms with Crippen LogP contribution >= 0.6 is 23.5 Å². The molecule has 234 valence electrons. The van der Waals surface area contributed by atoms with E-state index in [0.29, 0.717) is 12.1 Å². The van der Waals surface area contributed by atoms with E-state index in [0.717, 1.165) is 32.5 Å². The minimum atomic E-state index is -5.79. The third-order valence-corrected chi connectivity index (χ3v) is 9.78. The molecular formula is C22H26N3O15P3. The molecule has 6 unspecified atom stereocenters. The summed E-state index contributed by atoms with van der Waals surface area (Å²) in [5.41, 5.74) is 0.637. The van der Waals surface area contributed by atoms with Gasteiger partial charge in [0.2, 0.25) is 0 Å². The zero-order valence-corrected chi connectivity index (χ0v) is 24.4. The number of nitrogens with zero attached hydrogens (tertiary/aromatic N) is 3. The Balaban J connectivity index is 1.48. The van der Waals surface area contributed by atoms with Crippen LogP contribution in [0, 0.1) is 0 Å². The summed E-state index contributed by atoms with van der Waals surface area (Å²) in [5, 5.41) is 20.9. The third kappa shape index (κ3) is 8.94. The number of rotatable bonds is 12. The predicted octanol–water partition coefficient (Wildman–Crippen LogP) is 0.00660. The summed E-state index contributed by atoms with van der Waals surface area (Å²) in [6.45, 7) is -1.33. The van der Waals surface area contributed by atoms with E-state index in [1.807, 2.05) is 30.3 Å². The molecule has 0 bridgehead atoms. The molecule has 21 heteroatoms. The van der Waals surface area contributed by atoms with Crippen molar-refractivity contribution in [3.05, 3.63) is 98.6 Å². The van der Waals surface area contributed by atoms with E-state index in [4.69, 9.17) is 14.5 Å². The summed E-state index contributed by atoms with van der Waals surface area (Å²) in [6.07, 6.45) is -3.82. The molecule has 1 aliphatic rings. The van der Waals surface area contributed by atoms with Crippen LogP contribution < -0.4 is 11.2 Å². The van der Waals surface area contributed by atoms with Gasteiger partial charge in [-0.1, -0.05) is 30.3 Å². The van der Waals surface area contributed by atoms with Crippen molar-refractivity contribution in [2.24, 2.45) is 0 Å². The number of ether oxygens (including phenoxy) is 1. The second-order valence-corrected chi connectivity index (χ2v) is 13.6. The Morgan fingerprint density at radius 1 is 0.884 bits per heavy atom. The number of benzene rings is 1. The smallest absolute Gasteiger partial charge is 0.387 e. The van der Waals surface area contributed by atoms with Crippen molar-refractivity contribution < 1.29 is 61.4 Å². The number of aliphatic hydroxyl groups excluding tert-OH is 2. The Kier molecular flexibility index (Phi) is 10.2. The summed E-state index contributed by atoms with van der Waals surface area (Å²) in [4.78, 5) is 66.1. The molecule has 6 N–H and O–H groups in total. The fourth-order valence-corrected chi connectivity index (χ4v) is 7.19. The molecule has 1 aliphatic heterocycles. The van der Waals surface area contributed by atoms with Gasteiger partial charge in [-0.25, -0.2) is 18.5 Å². The Labute approximate surface area is 241 Å². The highest BCUT2D eigenvalue weighted by atomic mass is 31.3. The molecule has 0 aliphatic carbocycles. The molecule has 6 atom stereocenters. The van der Waals surface area contributed by atoms with Crippen molar-refractivity contribution >= 4 is 23.5 Å². The van der Waals surface area contributed by atoms with Crippen LogP contribution in [0.5, 0.6) is 0 Å². The second kappa shape index (κ2) is 13.1. The standard InChI is InChI=1S/C22H26N3O15P3/c26-18-7-9-24(22(29)25(18)12-16-11-15(6-8-23-16)10-14-4-2-1-3-5-14)21-20(28)19(27)17(38-21)13-37-42(33,34)40-43(35,36)39-41(30,31)32/h1-9,11,17,19-21,27-28H,10,12-13H2,(H,33,34)(H,35,36)(H2,30,31,32). The van der Waals surface area contributed by atoms with Gasteiger partial charge in [-0.2, -0.15) is 8.62 Å². The lowest BCUT2D eigenvalue weighted by Gasteiger charge is -2.19. The average Bonchev–Trinajstić information content (AvgIpc) is 3.17. The van der Waals surface area contributed by atoms with E-state index in [2.05, 4.69) is 18.1 Å². The van der Waals surface area contributed by atoms with Crippen molar-refractivity contribution in [1.82, 2.24) is 14.1 Å². The summed E-state index contributed by atoms with van der Waals surface area (Å²) in [6, 6.07) is 14.1. The summed E-state index contributed by atoms with van der Waals surface area (Å²) < 4.78 is 52.9. The average molecular weight is 665 g/mol. The van der Waals surface area contributed by atoms with E-state index in [-0.39, 0.29) is 6.54 Å². The third-order valence-electron chi connectivity index (χ3n) is 5.98. The topological polar surface area (TPSA) is 266 Å². The van der Waals surface area contributed by atoms with Crippen molar-refractivity contribution in [2.75, 3.05) is 6.61 Å². The number of aliphatic hydroxyl groups is 2. The first kappa shape index (κ1) is 33.2. The van der Waals surface area contributed by atoms with Gasteiger partial charge in [0, 0.05) is 18.5 Å². The molecule has 1 fully saturated rings. The van der Waals surface area contributed by atoms with Gasteiger partial charge in [0.15, 0.2) is 6.23 Å². The molecule has 0 radical (unpaired) electrons.